The number of ether oxygens (including phenoxy) is 3. The van der Waals surface area contributed by atoms with Gasteiger partial charge in [0.05, 0.1) is 27.0 Å². The molecule has 10 heteroatoms. The first-order valence-electron chi connectivity index (χ1n) is 9.15. The number of anilines is 1. The Hall–Kier alpha value is -3.33. The second-order valence-corrected chi connectivity index (χ2v) is 7.12. The van der Waals surface area contributed by atoms with E-state index in [1.165, 1.54) is 0 Å². The lowest BCUT2D eigenvalue weighted by molar-refractivity contribution is -0.116. The minimum atomic E-state index is -0.253. The maximum absolute atomic E-state index is 12.6. The second-order valence-electron chi connectivity index (χ2n) is 6.74. The van der Waals surface area contributed by atoms with Crippen molar-refractivity contribution < 1.29 is 19.0 Å². The standard InChI is InChI=1S/C20H20ClN5O4/c1-10-18-12(11-7-13(28-2)19(30-4)14(8-11)29-3)9-17(27)22-20(18)26(25-10)16-6-5-15(21)23-24-16/h5-8,12H,9H2,1-4H3,(H,22,27)/t12-/m1/s1. The second kappa shape index (κ2) is 7.83. The van der Waals surface area contributed by atoms with E-state index < -0.39 is 0 Å². The van der Waals surface area contributed by atoms with E-state index in [9.17, 15) is 4.79 Å². The number of hydrogen-bond donors (Lipinski definition) is 1. The number of benzene rings is 1. The molecule has 0 radical (unpaired) electrons. The van der Waals surface area contributed by atoms with Crippen LogP contribution in [0.15, 0.2) is 24.3 Å². The lowest BCUT2D eigenvalue weighted by Gasteiger charge is -2.25. The molecule has 3 aromatic rings. The lowest BCUT2D eigenvalue weighted by Crippen LogP contribution is -2.25. The summed E-state index contributed by atoms with van der Waals surface area (Å²) in [6, 6.07) is 7.02. The third-order valence-corrected chi connectivity index (χ3v) is 5.23. The maximum atomic E-state index is 12.6. The van der Waals surface area contributed by atoms with Crippen LogP contribution < -0.4 is 19.5 Å². The van der Waals surface area contributed by atoms with Crippen molar-refractivity contribution in [1.29, 1.82) is 0 Å². The minimum Gasteiger partial charge on any atom is -0.493 e. The van der Waals surface area contributed by atoms with Crippen molar-refractivity contribution in [3.8, 4) is 23.1 Å². The van der Waals surface area contributed by atoms with Crippen LogP contribution in [0.4, 0.5) is 5.82 Å². The molecule has 30 heavy (non-hydrogen) atoms. The summed E-state index contributed by atoms with van der Waals surface area (Å²) in [6.45, 7) is 1.89. The minimum absolute atomic E-state index is 0.135. The molecule has 0 spiro atoms. The number of nitrogens with zero attached hydrogens (tertiary/aromatic N) is 4. The van der Waals surface area contributed by atoms with Crippen molar-refractivity contribution in [2.24, 2.45) is 0 Å². The molecule has 0 unspecified atom stereocenters. The summed E-state index contributed by atoms with van der Waals surface area (Å²) < 4.78 is 17.9. The van der Waals surface area contributed by atoms with Crippen LogP contribution in [0, 0.1) is 6.92 Å². The smallest absolute Gasteiger partial charge is 0.226 e. The van der Waals surface area contributed by atoms with Crippen molar-refractivity contribution in [3.05, 3.63) is 46.2 Å². The zero-order chi connectivity index (χ0) is 21.4. The topological polar surface area (TPSA) is 100 Å². The van der Waals surface area contributed by atoms with Gasteiger partial charge in [0, 0.05) is 17.9 Å². The van der Waals surface area contributed by atoms with Crippen LogP contribution in [0.2, 0.25) is 5.15 Å². The highest BCUT2D eigenvalue weighted by Crippen LogP contribution is 2.45. The molecule has 2 aromatic heterocycles. The molecule has 0 saturated heterocycles. The largest absolute Gasteiger partial charge is 0.493 e. The Labute approximate surface area is 177 Å². The SMILES string of the molecule is COc1cc([C@H]2CC(=O)Nc3c2c(C)nn3-c2ccc(Cl)nn2)cc(OC)c1OC. The number of halogens is 1. The van der Waals surface area contributed by atoms with Gasteiger partial charge in [0.1, 0.15) is 5.82 Å². The Kier molecular flexibility index (Phi) is 5.21. The number of fused-ring (bicyclic) bond motifs is 1. The summed E-state index contributed by atoms with van der Waals surface area (Å²) in [7, 11) is 4.67. The molecule has 156 valence electrons. The number of methoxy groups -OCH3 is 3. The Morgan fingerprint density at radius 1 is 1.10 bits per heavy atom. The molecular weight excluding hydrogens is 410 g/mol. The fraction of sp³-hybridized carbons (Fsp3) is 0.300. The number of amides is 1. The molecule has 1 amide bonds. The molecule has 0 aliphatic carbocycles. The third kappa shape index (κ3) is 3.30. The molecule has 1 atom stereocenters. The summed E-state index contributed by atoms with van der Waals surface area (Å²) in [6.07, 6.45) is 0.254. The van der Waals surface area contributed by atoms with Crippen LogP contribution in [-0.2, 0) is 4.79 Å². The van der Waals surface area contributed by atoms with Crippen molar-refractivity contribution in [2.45, 2.75) is 19.3 Å². The van der Waals surface area contributed by atoms with E-state index in [2.05, 4.69) is 20.6 Å². The zero-order valence-corrected chi connectivity index (χ0v) is 17.6. The van der Waals surface area contributed by atoms with Crippen molar-refractivity contribution in [1.82, 2.24) is 20.0 Å². The van der Waals surface area contributed by atoms with E-state index in [-0.39, 0.29) is 23.4 Å². The Bertz CT molecular complexity index is 1090. The average molecular weight is 430 g/mol. The predicted octanol–water partition coefficient (Wildman–Crippen LogP) is 3.12. The number of aromatic nitrogens is 4. The molecule has 0 bridgehead atoms. The van der Waals surface area contributed by atoms with Crippen LogP contribution in [0.1, 0.15) is 29.2 Å². The lowest BCUT2D eigenvalue weighted by atomic mass is 9.85. The number of nitrogens with one attached hydrogen (secondary N) is 1. The van der Waals surface area contributed by atoms with E-state index in [1.54, 1.807) is 38.1 Å². The summed E-state index contributed by atoms with van der Waals surface area (Å²) >= 11 is 5.85. The Morgan fingerprint density at radius 3 is 2.37 bits per heavy atom. The quantitative estimate of drug-likeness (QED) is 0.664. The molecule has 1 aliphatic rings. The highest BCUT2D eigenvalue weighted by atomic mass is 35.5. The van der Waals surface area contributed by atoms with Gasteiger partial charge in [-0.15, -0.1) is 10.2 Å². The highest BCUT2D eigenvalue weighted by Gasteiger charge is 2.34. The van der Waals surface area contributed by atoms with Crippen LogP contribution in [0.5, 0.6) is 17.2 Å². The van der Waals surface area contributed by atoms with Gasteiger partial charge in [-0.1, -0.05) is 11.6 Å². The van der Waals surface area contributed by atoms with E-state index in [1.807, 2.05) is 19.1 Å². The monoisotopic (exact) mass is 429 g/mol. The number of carbonyl (C=O) groups excluding carboxylic acids is 1. The van der Waals surface area contributed by atoms with Gasteiger partial charge in [-0.05, 0) is 36.8 Å². The van der Waals surface area contributed by atoms with Gasteiger partial charge >= 0.3 is 0 Å². The van der Waals surface area contributed by atoms with Gasteiger partial charge < -0.3 is 19.5 Å². The molecule has 3 heterocycles. The predicted molar refractivity (Wildman–Crippen MR) is 110 cm³/mol. The number of rotatable bonds is 5. The number of aryl methyl sites for hydroxylation is 1. The molecule has 1 aromatic carbocycles. The van der Waals surface area contributed by atoms with Crippen LogP contribution in [0.3, 0.4) is 0 Å². The average Bonchev–Trinajstić information content (AvgIpc) is 3.08. The summed E-state index contributed by atoms with van der Waals surface area (Å²) in [5, 5.41) is 15.7. The van der Waals surface area contributed by atoms with Crippen molar-refractivity contribution in [3.63, 3.8) is 0 Å². The van der Waals surface area contributed by atoms with E-state index in [4.69, 9.17) is 25.8 Å². The van der Waals surface area contributed by atoms with Crippen molar-refractivity contribution >= 4 is 23.3 Å². The van der Waals surface area contributed by atoms with Crippen LogP contribution in [0.25, 0.3) is 5.82 Å². The summed E-state index contributed by atoms with van der Waals surface area (Å²) in [5.74, 6) is 2.16. The normalized spacial score (nSPS) is 15.4. The molecule has 1 aliphatic heterocycles. The van der Waals surface area contributed by atoms with E-state index >= 15 is 0 Å². The molecule has 1 N–H and O–H groups in total. The first-order valence-corrected chi connectivity index (χ1v) is 9.53. The van der Waals surface area contributed by atoms with Gasteiger partial charge in [0.15, 0.2) is 22.5 Å². The number of carbonyl (C=O) groups is 1. The highest BCUT2D eigenvalue weighted by molar-refractivity contribution is 6.29. The van der Waals surface area contributed by atoms with Gasteiger partial charge in [0.25, 0.3) is 0 Å². The van der Waals surface area contributed by atoms with Gasteiger partial charge in [-0.3, -0.25) is 4.79 Å². The zero-order valence-electron chi connectivity index (χ0n) is 16.9. The van der Waals surface area contributed by atoms with Crippen LogP contribution >= 0.6 is 11.6 Å². The third-order valence-electron chi connectivity index (χ3n) is 5.03. The van der Waals surface area contributed by atoms with Gasteiger partial charge in [0.2, 0.25) is 11.7 Å². The van der Waals surface area contributed by atoms with E-state index in [0.29, 0.717) is 28.9 Å². The van der Waals surface area contributed by atoms with Crippen LogP contribution in [-0.4, -0.2) is 47.2 Å². The fourth-order valence-electron chi connectivity index (χ4n) is 3.72. The Balaban J connectivity index is 1.87. The number of hydrogen-bond acceptors (Lipinski definition) is 7. The maximum Gasteiger partial charge on any atom is 0.226 e. The summed E-state index contributed by atoms with van der Waals surface area (Å²) in [4.78, 5) is 12.6. The van der Waals surface area contributed by atoms with Crippen molar-refractivity contribution in [2.75, 3.05) is 26.6 Å². The van der Waals surface area contributed by atoms with Gasteiger partial charge in [-0.25, -0.2) is 0 Å². The summed E-state index contributed by atoms with van der Waals surface area (Å²) in [5.41, 5.74) is 2.51. The molecule has 0 fully saturated rings. The molecular formula is C20H20ClN5O4. The molecule has 9 nitrogen and oxygen atoms in total. The van der Waals surface area contributed by atoms with E-state index in [0.717, 1.165) is 16.8 Å². The Morgan fingerprint density at radius 2 is 1.80 bits per heavy atom. The first-order chi connectivity index (χ1) is 14.5. The molecule has 4 rings (SSSR count). The fourth-order valence-corrected chi connectivity index (χ4v) is 3.82. The first kappa shape index (κ1) is 20.0. The van der Waals surface area contributed by atoms with Gasteiger partial charge in [-0.2, -0.15) is 9.78 Å². The molecule has 0 saturated carbocycles.